The fourth-order valence-corrected chi connectivity index (χ4v) is 4.45. The van der Waals surface area contributed by atoms with Crippen molar-refractivity contribution in [2.75, 3.05) is 18.4 Å². The van der Waals surface area contributed by atoms with Gasteiger partial charge in [0, 0.05) is 24.6 Å². The molecule has 1 aliphatic rings. The first-order chi connectivity index (χ1) is 16.9. The highest BCUT2D eigenvalue weighted by Gasteiger charge is 2.29. The van der Waals surface area contributed by atoms with Crippen molar-refractivity contribution in [3.63, 3.8) is 0 Å². The first-order valence-corrected chi connectivity index (χ1v) is 12.0. The average molecular weight is 470 g/mol. The number of likely N-dealkylation sites (tertiary alicyclic amines) is 1. The maximum Gasteiger partial charge on any atom is 0.254 e. The van der Waals surface area contributed by atoms with E-state index in [1.54, 1.807) is 24.3 Å². The van der Waals surface area contributed by atoms with Crippen molar-refractivity contribution in [1.29, 1.82) is 0 Å². The van der Waals surface area contributed by atoms with Gasteiger partial charge in [0.2, 0.25) is 5.91 Å². The second-order valence-corrected chi connectivity index (χ2v) is 9.02. The number of hydrogen-bond acceptors (Lipinski definition) is 3. The van der Waals surface area contributed by atoms with Crippen LogP contribution in [0.1, 0.15) is 57.7 Å². The van der Waals surface area contributed by atoms with E-state index in [1.165, 1.54) is 0 Å². The molecule has 3 aromatic carbocycles. The molecule has 180 valence electrons. The summed E-state index contributed by atoms with van der Waals surface area (Å²) in [5.41, 5.74) is 3.59. The van der Waals surface area contributed by atoms with Crippen LogP contribution < -0.4 is 10.6 Å². The standard InChI is InChI=1S/C29H31N3O3/c1-20-10-6-7-13-24(20)29(35)32-18-16-23(17-19-32)27(33)31-26-15-9-8-14-25(26)28(34)30-21(2)22-11-4-3-5-12-22/h3-15,21,23H,16-19H2,1-2H3,(H,30,34)(H,31,33). The fraction of sp³-hybridized carbons (Fsp3) is 0.276. The Kier molecular flexibility index (Phi) is 7.60. The molecule has 1 aliphatic heterocycles. The van der Waals surface area contributed by atoms with Gasteiger partial charge in [-0.05, 0) is 56.0 Å². The monoisotopic (exact) mass is 469 g/mol. The molecule has 0 aliphatic carbocycles. The largest absolute Gasteiger partial charge is 0.345 e. The Morgan fingerprint density at radius 3 is 2.11 bits per heavy atom. The molecule has 0 saturated carbocycles. The molecule has 2 N–H and O–H groups in total. The van der Waals surface area contributed by atoms with Crippen LogP contribution in [-0.2, 0) is 4.79 Å². The number of aryl methyl sites for hydroxylation is 1. The van der Waals surface area contributed by atoms with Gasteiger partial charge in [-0.25, -0.2) is 0 Å². The molecule has 4 rings (SSSR count). The summed E-state index contributed by atoms with van der Waals surface area (Å²) in [4.78, 5) is 40.7. The summed E-state index contributed by atoms with van der Waals surface area (Å²) in [6.45, 7) is 4.92. The molecule has 1 unspecified atom stereocenters. The van der Waals surface area contributed by atoms with E-state index in [2.05, 4.69) is 10.6 Å². The Morgan fingerprint density at radius 1 is 0.829 bits per heavy atom. The van der Waals surface area contributed by atoms with Crippen molar-refractivity contribution in [1.82, 2.24) is 10.2 Å². The summed E-state index contributed by atoms with van der Waals surface area (Å²) in [5.74, 6) is -0.563. The van der Waals surface area contributed by atoms with Crippen LogP contribution in [-0.4, -0.2) is 35.7 Å². The lowest BCUT2D eigenvalue weighted by Crippen LogP contribution is -2.41. The van der Waals surface area contributed by atoms with Gasteiger partial charge in [-0.3, -0.25) is 14.4 Å². The topological polar surface area (TPSA) is 78.5 Å². The van der Waals surface area contributed by atoms with E-state index in [1.807, 2.05) is 73.3 Å². The minimum atomic E-state index is -0.240. The van der Waals surface area contributed by atoms with Crippen LogP contribution in [0, 0.1) is 12.8 Å². The van der Waals surface area contributed by atoms with Gasteiger partial charge >= 0.3 is 0 Å². The number of nitrogens with one attached hydrogen (secondary N) is 2. The predicted octanol–water partition coefficient (Wildman–Crippen LogP) is 4.98. The van der Waals surface area contributed by atoms with Gasteiger partial charge in [0.05, 0.1) is 17.3 Å². The van der Waals surface area contributed by atoms with E-state index in [0.29, 0.717) is 42.7 Å². The summed E-state index contributed by atoms with van der Waals surface area (Å²) in [5, 5.41) is 5.97. The Bertz CT molecular complexity index is 1200. The minimum absolute atomic E-state index is 0.0107. The molecular formula is C29H31N3O3. The SMILES string of the molecule is Cc1ccccc1C(=O)N1CCC(C(=O)Nc2ccccc2C(=O)NC(C)c2ccccc2)CC1. The quantitative estimate of drug-likeness (QED) is 0.535. The molecule has 0 aromatic heterocycles. The van der Waals surface area contributed by atoms with Crippen LogP contribution in [0.2, 0.25) is 0 Å². The van der Waals surface area contributed by atoms with Gasteiger partial charge in [0.15, 0.2) is 0 Å². The van der Waals surface area contributed by atoms with Crippen molar-refractivity contribution >= 4 is 23.4 Å². The molecule has 3 aromatic rings. The molecule has 1 atom stereocenters. The van der Waals surface area contributed by atoms with E-state index in [0.717, 1.165) is 11.1 Å². The van der Waals surface area contributed by atoms with Gasteiger partial charge in [0.25, 0.3) is 11.8 Å². The highest BCUT2D eigenvalue weighted by molar-refractivity contribution is 6.04. The second kappa shape index (κ2) is 11.0. The third-order valence-electron chi connectivity index (χ3n) is 6.61. The van der Waals surface area contributed by atoms with Crippen LogP contribution in [0.15, 0.2) is 78.9 Å². The zero-order valence-corrected chi connectivity index (χ0v) is 20.2. The molecule has 6 heteroatoms. The molecule has 0 bridgehead atoms. The number of benzene rings is 3. The van der Waals surface area contributed by atoms with E-state index in [9.17, 15) is 14.4 Å². The second-order valence-electron chi connectivity index (χ2n) is 9.02. The molecule has 35 heavy (non-hydrogen) atoms. The number of anilines is 1. The Labute approximate surface area is 206 Å². The van der Waals surface area contributed by atoms with Crippen LogP contribution in [0.3, 0.4) is 0 Å². The zero-order valence-electron chi connectivity index (χ0n) is 20.2. The molecule has 1 saturated heterocycles. The van der Waals surface area contributed by atoms with Crippen molar-refractivity contribution in [2.24, 2.45) is 5.92 Å². The van der Waals surface area contributed by atoms with Crippen LogP contribution in [0.25, 0.3) is 0 Å². The van der Waals surface area contributed by atoms with Crippen LogP contribution in [0.5, 0.6) is 0 Å². The first-order valence-electron chi connectivity index (χ1n) is 12.0. The van der Waals surface area contributed by atoms with Gasteiger partial charge in [-0.15, -0.1) is 0 Å². The van der Waals surface area contributed by atoms with E-state index in [4.69, 9.17) is 0 Å². The Hall–Kier alpha value is -3.93. The van der Waals surface area contributed by atoms with Gasteiger partial charge in [-0.1, -0.05) is 60.7 Å². The van der Waals surface area contributed by atoms with Crippen LogP contribution >= 0.6 is 0 Å². The van der Waals surface area contributed by atoms with E-state index < -0.39 is 0 Å². The number of piperidine rings is 1. The zero-order chi connectivity index (χ0) is 24.8. The number of carbonyl (C=O) groups is 3. The van der Waals surface area contributed by atoms with Crippen LogP contribution in [0.4, 0.5) is 5.69 Å². The molecule has 6 nitrogen and oxygen atoms in total. The molecule has 0 spiro atoms. The summed E-state index contributed by atoms with van der Waals surface area (Å²) >= 11 is 0. The van der Waals surface area contributed by atoms with Gasteiger partial charge in [-0.2, -0.15) is 0 Å². The van der Waals surface area contributed by atoms with Crippen molar-refractivity contribution in [3.8, 4) is 0 Å². The summed E-state index contributed by atoms with van der Waals surface area (Å²) in [7, 11) is 0. The number of rotatable bonds is 6. The molecule has 1 heterocycles. The molecule has 3 amide bonds. The number of nitrogens with zero attached hydrogens (tertiary/aromatic N) is 1. The smallest absolute Gasteiger partial charge is 0.254 e. The Balaban J connectivity index is 1.36. The van der Waals surface area contributed by atoms with Crippen molar-refractivity contribution < 1.29 is 14.4 Å². The molecular weight excluding hydrogens is 438 g/mol. The van der Waals surface area contributed by atoms with E-state index in [-0.39, 0.29) is 29.7 Å². The summed E-state index contributed by atoms with van der Waals surface area (Å²) < 4.78 is 0. The molecule has 0 radical (unpaired) electrons. The maximum absolute atomic E-state index is 13.0. The average Bonchev–Trinajstić information content (AvgIpc) is 2.89. The Morgan fingerprint density at radius 2 is 1.43 bits per heavy atom. The maximum atomic E-state index is 13.0. The highest BCUT2D eigenvalue weighted by atomic mass is 16.2. The van der Waals surface area contributed by atoms with Gasteiger partial charge < -0.3 is 15.5 Å². The van der Waals surface area contributed by atoms with Crippen molar-refractivity contribution in [3.05, 3.63) is 101 Å². The molecule has 1 fully saturated rings. The lowest BCUT2D eigenvalue weighted by Gasteiger charge is -2.32. The lowest BCUT2D eigenvalue weighted by molar-refractivity contribution is -0.121. The normalized spacial score (nSPS) is 14.7. The summed E-state index contributed by atoms with van der Waals surface area (Å²) in [6.07, 6.45) is 1.17. The number of para-hydroxylation sites is 1. The number of hydrogen-bond donors (Lipinski definition) is 2. The fourth-order valence-electron chi connectivity index (χ4n) is 4.45. The van der Waals surface area contributed by atoms with E-state index >= 15 is 0 Å². The number of amides is 3. The van der Waals surface area contributed by atoms with Gasteiger partial charge in [0.1, 0.15) is 0 Å². The third kappa shape index (κ3) is 5.77. The lowest BCUT2D eigenvalue weighted by atomic mass is 9.94. The summed E-state index contributed by atoms with van der Waals surface area (Å²) in [6, 6.07) is 24.2. The number of carbonyl (C=O) groups excluding carboxylic acids is 3. The van der Waals surface area contributed by atoms with Crippen molar-refractivity contribution in [2.45, 2.75) is 32.7 Å². The highest BCUT2D eigenvalue weighted by Crippen LogP contribution is 2.24. The minimum Gasteiger partial charge on any atom is -0.345 e. The predicted molar refractivity (Wildman–Crippen MR) is 137 cm³/mol. The third-order valence-corrected chi connectivity index (χ3v) is 6.61. The first kappa shape index (κ1) is 24.2.